The van der Waals surface area contributed by atoms with E-state index in [2.05, 4.69) is 10.9 Å². The number of rotatable bonds is 2. The van der Waals surface area contributed by atoms with Crippen LogP contribution in [0.25, 0.3) is 0 Å². The van der Waals surface area contributed by atoms with Gasteiger partial charge >= 0.3 is 0 Å². The van der Waals surface area contributed by atoms with Crippen LogP contribution in [0.5, 0.6) is 0 Å². The van der Waals surface area contributed by atoms with Crippen LogP contribution < -0.4 is 16.6 Å². The van der Waals surface area contributed by atoms with Crippen LogP contribution >= 0.6 is 0 Å². The van der Waals surface area contributed by atoms with Gasteiger partial charge in [0.1, 0.15) is 0 Å². The summed E-state index contributed by atoms with van der Waals surface area (Å²) in [4.78, 5) is 23.7. The third-order valence-electron chi connectivity index (χ3n) is 5.25. The van der Waals surface area contributed by atoms with E-state index in [0.717, 1.165) is 11.8 Å². The average Bonchev–Trinajstić information content (AvgIpc) is 2.34. The molecular formula is C14H23N3O2. The van der Waals surface area contributed by atoms with Gasteiger partial charge in [0, 0.05) is 5.92 Å². The highest BCUT2D eigenvalue weighted by atomic mass is 16.2. The molecule has 106 valence electrons. The van der Waals surface area contributed by atoms with Crippen LogP contribution in [0.4, 0.5) is 0 Å². The molecule has 4 aliphatic rings. The van der Waals surface area contributed by atoms with E-state index < -0.39 is 6.04 Å². The van der Waals surface area contributed by atoms with Crippen LogP contribution in [0.3, 0.4) is 0 Å². The molecule has 4 bridgehead atoms. The molecule has 5 heteroatoms. The van der Waals surface area contributed by atoms with Crippen LogP contribution in [0, 0.1) is 29.6 Å². The fourth-order valence-electron chi connectivity index (χ4n) is 4.67. The maximum absolute atomic E-state index is 12.3. The van der Waals surface area contributed by atoms with Gasteiger partial charge in [0.05, 0.1) is 6.04 Å². The van der Waals surface area contributed by atoms with Gasteiger partial charge in [-0.05, 0) is 62.7 Å². The van der Waals surface area contributed by atoms with Crippen molar-refractivity contribution in [1.29, 1.82) is 0 Å². The van der Waals surface area contributed by atoms with Crippen LogP contribution in [-0.4, -0.2) is 17.9 Å². The predicted molar refractivity (Wildman–Crippen MR) is 70.5 cm³/mol. The SMILES string of the molecule is CC(N)C(=O)NNC(=O)C1C2CC3CC(C2)CC1C3. The lowest BCUT2D eigenvalue weighted by molar-refractivity contribution is -0.141. The second kappa shape index (κ2) is 4.78. The third kappa shape index (κ3) is 2.36. The van der Waals surface area contributed by atoms with E-state index in [9.17, 15) is 9.59 Å². The van der Waals surface area contributed by atoms with Gasteiger partial charge < -0.3 is 5.73 Å². The summed E-state index contributed by atoms with van der Waals surface area (Å²) in [5.74, 6) is 2.52. The molecule has 1 unspecified atom stereocenters. The zero-order valence-electron chi connectivity index (χ0n) is 11.4. The average molecular weight is 265 g/mol. The van der Waals surface area contributed by atoms with Gasteiger partial charge in [-0.25, -0.2) is 0 Å². The first-order chi connectivity index (χ1) is 9.04. The summed E-state index contributed by atoms with van der Waals surface area (Å²) in [6.45, 7) is 1.60. The molecule has 4 N–H and O–H groups in total. The fourth-order valence-corrected chi connectivity index (χ4v) is 4.67. The molecule has 0 aromatic heterocycles. The molecule has 2 amide bonds. The second-order valence-electron chi connectivity index (χ2n) is 6.72. The maximum atomic E-state index is 12.3. The van der Waals surface area contributed by atoms with Crippen molar-refractivity contribution in [3.05, 3.63) is 0 Å². The quantitative estimate of drug-likeness (QED) is 0.638. The zero-order valence-corrected chi connectivity index (χ0v) is 11.4. The Morgan fingerprint density at radius 2 is 1.53 bits per heavy atom. The van der Waals surface area contributed by atoms with E-state index >= 15 is 0 Å². The van der Waals surface area contributed by atoms with E-state index in [4.69, 9.17) is 5.73 Å². The van der Waals surface area contributed by atoms with Crippen molar-refractivity contribution in [1.82, 2.24) is 10.9 Å². The maximum Gasteiger partial charge on any atom is 0.254 e. The molecule has 0 aliphatic heterocycles. The Morgan fingerprint density at radius 1 is 1.00 bits per heavy atom. The summed E-state index contributed by atoms with van der Waals surface area (Å²) in [6.07, 6.45) is 6.18. The third-order valence-corrected chi connectivity index (χ3v) is 5.25. The summed E-state index contributed by atoms with van der Waals surface area (Å²) in [5.41, 5.74) is 10.5. The Morgan fingerprint density at radius 3 is 2.00 bits per heavy atom. The van der Waals surface area contributed by atoms with Crippen molar-refractivity contribution >= 4 is 11.8 Å². The lowest BCUT2D eigenvalue weighted by atomic mass is 9.52. The minimum atomic E-state index is -0.598. The van der Waals surface area contributed by atoms with Gasteiger partial charge in [-0.2, -0.15) is 0 Å². The van der Waals surface area contributed by atoms with Crippen molar-refractivity contribution < 1.29 is 9.59 Å². The topological polar surface area (TPSA) is 84.2 Å². The molecule has 4 fully saturated rings. The highest BCUT2D eigenvalue weighted by Gasteiger charge is 2.50. The lowest BCUT2D eigenvalue weighted by Crippen LogP contribution is -2.55. The minimum absolute atomic E-state index is 0.0113. The molecular weight excluding hydrogens is 242 g/mol. The number of hydrazine groups is 1. The first-order valence-electron chi connectivity index (χ1n) is 7.40. The molecule has 1 atom stereocenters. The normalized spacial score (nSPS) is 40.8. The molecule has 0 heterocycles. The van der Waals surface area contributed by atoms with Crippen molar-refractivity contribution in [2.75, 3.05) is 0 Å². The van der Waals surface area contributed by atoms with E-state index in [1.54, 1.807) is 6.92 Å². The van der Waals surface area contributed by atoms with Crippen molar-refractivity contribution in [3.8, 4) is 0 Å². The number of hydrogen-bond acceptors (Lipinski definition) is 3. The van der Waals surface area contributed by atoms with Crippen molar-refractivity contribution in [2.45, 2.75) is 45.1 Å². The van der Waals surface area contributed by atoms with Gasteiger partial charge in [-0.15, -0.1) is 0 Å². The Bertz CT molecular complexity index is 366. The molecule has 0 saturated heterocycles. The zero-order chi connectivity index (χ0) is 13.6. The van der Waals surface area contributed by atoms with Crippen molar-refractivity contribution in [2.24, 2.45) is 35.3 Å². The first kappa shape index (κ1) is 12.9. The van der Waals surface area contributed by atoms with Gasteiger partial charge in [0.25, 0.3) is 5.91 Å². The van der Waals surface area contributed by atoms with Gasteiger partial charge in [0.15, 0.2) is 0 Å². The number of hydrogen-bond donors (Lipinski definition) is 3. The molecule has 0 aromatic carbocycles. The summed E-state index contributed by atoms with van der Waals surface area (Å²) in [5, 5.41) is 0. The number of carbonyl (C=O) groups excluding carboxylic acids is 2. The molecule has 0 spiro atoms. The van der Waals surface area contributed by atoms with Crippen LogP contribution in [0.1, 0.15) is 39.0 Å². The van der Waals surface area contributed by atoms with E-state index in [1.807, 2.05) is 0 Å². The molecule has 0 aromatic rings. The second-order valence-corrected chi connectivity index (χ2v) is 6.72. The lowest BCUT2D eigenvalue weighted by Gasteiger charge is -2.53. The van der Waals surface area contributed by atoms with E-state index in [-0.39, 0.29) is 17.7 Å². The summed E-state index contributed by atoms with van der Waals surface area (Å²) >= 11 is 0. The van der Waals surface area contributed by atoms with Gasteiger partial charge in [-0.1, -0.05) is 0 Å². The summed E-state index contributed by atoms with van der Waals surface area (Å²) in [7, 11) is 0. The monoisotopic (exact) mass is 265 g/mol. The predicted octanol–water partition coefficient (Wildman–Crippen LogP) is 0.553. The number of carbonyl (C=O) groups is 2. The molecule has 4 saturated carbocycles. The first-order valence-corrected chi connectivity index (χ1v) is 7.40. The van der Waals surface area contributed by atoms with E-state index in [0.29, 0.717) is 11.8 Å². The number of amides is 2. The van der Waals surface area contributed by atoms with Gasteiger partial charge in [0.2, 0.25) is 5.91 Å². The summed E-state index contributed by atoms with van der Waals surface area (Å²) in [6, 6.07) is -0.598. The highest BCUT2D eigenvalue weighted by molar-refractivity contribution is 5.86. The smallest absolute Gasteiger partial charge is 0.254 e. The largest absolute Gasteiger partial charge is 0.320 e. The molecule has 4 aliphatic carbocycles. The highest BCUT2D eigenvalue weighted by Crippen LogP contribution is 2.56. The van der Waals surface area contributed by atoms with Gasteiger partial charge in [-0.3, -0.25) is 20.4 Å². The fraction of sp³-hybridized carbons (Fsp3) is 0.857. The standard InChI is InChI=1S/C14H23N3O2/c1-7(15)13(18)16-17-14(19)12-10-3-8-2-9(5-10)6-11(12)4-8/h7-12H,2-6,15H2,1H3,(H,16,18)(H,17,19). The Labute approximate surface area is 113 Å². The molecule has 19 heavy (non-hydrogen) atoms. The minimum Gasteiger partial charge on any atom is -0.320 e. The van der Waals surface area contributed by atoms with E-state index in [1.165, 1.54) is 32.1 Å². The molecule has 0 radical (unpaired) electrons. The van der Waals surface area contributed by atoms with Crippen LogP contribution in [0.15, 0.2) is 0 Å². The number of nitrogens with two attached hydrogens (primary N) is 1. The summed E-state index contributed by atoms with van der Waals surface area (Å²) < 4.78 is 0. The number of nitrogens with one attached hydrogen (secondary N) is 2. The van der Waals surface area contributed by atoms with Crippen LogP contribution in [-0.2, 0) is 9.59 Å². The van der Waals surface area contributed by atoms with Crippen molar-refractivity contribution in [3.63, 3.8) is 0 Å². The Hall–Kier alpha value is -1.10. The molecule has 5 nitrogen and oxygen atoms in total. The Kier molecular flexibility index (Phi) is 3.25. The van der Waals surface area contributed by atoms with Crippen LogP contribution in [0.2, 0.25) is 0 Å². The molecule has 4 rings (SSSR count). The Balaban J connectivity index is 1.60.